The lowest BCUT2D eigenvalue weighted by Gasteiger charge is -2.27. The summed E-state index contributed by atoms with van der Waals surface area (Å²) in [6.07, 6.45) is 3.24. The average Bonchev–Trinajstić information content (AvgIpc) is 2.82. The summed E-state index contributed by atoms with van der Waals surface area (Å²) >= 11 is 0. The van der Waals surface area contributed by atoms with Gasteiger partial charge in [0, 0.05) is 30.5 Å². The van der Waals surface area contributed by atoms with E-state index in [0.717, 1.165) is 25.1 Å². The van der Waals surface area contributed by atoms with Gasteiger partial charge < -0.3 is 9.88 Å². The summed E-state index contributed by atoms with van der Waals surface area (Å²) in [5.41, 5.74) is 0.584. The quantitative estimate of drug-likeness (QED) is 0.773. The van der Waals surface area contributed by atoms with Crippen LogP contribution < -0.4 is 10.0 Å². The third-order valence-electron chi connectivity index (χ3n) is 3.91. The number of aryl methyl sites for hydroxylation is 1. The van der Waals surface area contributed by atoms with Crippen molar-refractivity contribution in [2.24, 2.45) is 0 Å². The lowest BCUT2D eigenvalue weighted by Crippen LogP contribution is -2.44. The van der Waals surface area contributed by atoms with E-state index in [0.29, 0.717) is 11.4 Å². The molecule has 0 aliphatic rings. The van der Waals surface area contributed by atoms with Crippen molar-refractivity contribution < 1.29 is 8.42 Å². The van der Waals surface area contributed by atoms with Crippen molar-refractivity contribution in [1.82, 2.24) is 14.6 Å². The SMILES string of the molecule is CCn1cc(S(=O)(=O)NC(C)(CC)CC)cc1CNC. The van der Waals surface area contributed by atoms with Crippen LogP contribution in [0.1, 0.15) is 46.2 Å². The zero-order valence-electron chi connectivity index (χ0n) is 13.2. The molecule has 5 nitrogen and oxygen atoms in total. The van der Waals surface area contributed by atoms with Gasteiger partial charge in [-0.2, -0.15) is 0 Å². The normalized spacial score (nSPS) is 12.8. The number of hydrogen-bond donors (Lipinski definition) is 2. The van der Waals surface area contributed by atoms with Crippen molar-refractivity contribution in [2.75, 3.05) is 7.05 Å². The van der Waals surface area contributed by atoms with Gasteiger partial charge in [0.1, 0.15) is 0 Å². The summed E-state index contributed by atoms with van der Waals surface area (Å²) < 4.78 is 29.8. The highest BCUT2D eigenvalue weighted by atomic mass is 32.2. The highest BCUT2D eigenvalue weighted by Crippen LogP contribution is 2.20. The molecule has 0 saturated carbocycles. The van der Waals surface area contributed by atoms with Crippen LogP contribution in [0.15, 0.2) is 17.2 Å². The zero-order valence-corrected chi connectivity index (χ0v) is 14.0. The molecule has 0 spiro atoms. The molecule has 0 unspecified atom stereocenters. The molecule has 0 radical (unpaired) electrons. The van der Waals surface area contributed by atoms with E-state index in [4.69, 9.17) is 0 Å². The molecule has 0 saturated heterocycles. The predicted octanol–water partition coefficient (Wildman–Crippen LogP) is 2.08. The Labute approximate surface area is 122 Å². The fourth-order valence-corrected chi connectivity index (χ4v) is 3.69. The molecule has 0 bridgehead atoms. The number of hydrogen-bond acceptors (Lipinski definition) is 3. The van der Waals surface area contributed by atoms with Gasteiger partial charge in [-0.3, -0.25) is 0 Å². The van der Waals surface area contributed by atoms with Crippen LogP contribution in [0.25, 0.3) is 0 Å². The van der Waals surface area contributed by atoms with Gasteiger partial charge in [0.05, 0.1) is 4.90 Å². The molecule has 1 aromatic heterocycles. The topological polar surface area (TPSA) is 63.1 Å². The second kappa shape index (κ2) is 6.74. The Balaban J connectivity index is 3.10. The molecule has 2 N–H and O–H groups in total. The van der Waals surface area contributed by atoms with Crippen molar-refractivity contribution in [3.05, 3.63) is 18.0 Å². The summed E-state index contributed by atoms with van der Waals surface area (Å²) in [5.74, 6) is 0. The lowest BCUT2D eigenvalue weighted by atomic mass is 9.98. The molecule has 0 aliphatic heterocycles. The van der Waals surface area contributed by atoms with Gasteiger partial charge >= 0.3 is 0 Å². The first-order chi connectivity index (χ1) is 9.31. The molecule has 1 heterocycles. The summed E-state index contributed by atoms with van der Waals surface area (Å²) in [5, 5.41) is 3.06. The third kappa shape index (κ3) is 3.84. The van der Waals surface area contributed by atoms with Gasteiger partial charge in [0.15, 0.2) is 0 Å². The monoisotopic (exact) mass is 301 g/mol. The Morgan fingerprint density at radius 2 is 1.85 bits per heavy atom. The molecule has 1 aromatic rings. The molecular weight excluding hydrogens is 274 g/mol. The number of nitrogens with one attached hydrogen (secondary N) is 2. The molecule has 0 aliphatic carbocycles. The van der Waals surface area contributed by atoms with Crippen LogP contribution >= 0.6 is 0 Å². The van der Waals surface area contributed by atoms with Crippen molar-refractivity contribution in [3.63, 3.8) is 0 Å². The van der Waals surface area contributed by atoms with Crippen LogP contribution in [0.4, 0.5) is 0 Å². The minimum atomic E-state index is -3.47. The Morgan fingerprint density at radius 1 is 1.25 bits per heavy atom. The van der Waals surface area contributed by atoms with Gasteiger partial charge in [0.2, 0.25) is 10.0 Å². The lowest BCUT2D eigenvalue weighted by molar-refractivity contribution is 0.388. The maximum atomic E-state index is 12.5. The molecule has 0 amide bonds. The van der Waals surface area contributed by atoms with Gasteiger partial charge in [-0.25, -0.2) is 13.1 Å². The van der Waals surface area contributed by atoms with Crippen LogP contribution in [0.3, 0.4) is 0 Å². The highest BCUT2D eigenvalue weighted by molar-refractivity contribution is 7.89. The van der Waals surface area contributed by atoms with E-state index in [-0.39, 0.29) is 0 Å². The van der Waals surface area contributed by atoms with Crippen LogP contribution in [0, 0.1) is 0 Å². The fourth-order valence-electron chi connectivity index (χ4n) is 2.07. The summed E-state index contributed by atoms with van der Waals surface area (Å²) in [6.45, 7) is 9.35. The van der Waals surface area contributed by atoms with E-state index in [9.17, 15) is 8.42 Å². The minimum Gasteiger partial charge on any atom is -0.349 e. The summed E-state index contributed by atoms with van der Waals surface area (Å²) in [6, 6.07) is 1.74. The minimum absolute atomic E-state index is 0.345. The van der Waals surface area contributed by atoms with Crippen molar-refractivity contribution >= 4 is 10.0 Å². The smallest absolute Gasteiger partial charge is 0.242 e. The summed E-state index contributed by atoms with van der Waals surface area (Å²) in [4.78, 5) is 0.345. The second-order valence-electron chi connectivity index (χ2n) is 5.36. The number of nitrogens with zero attached hydrogens (tertiary/aromatic N) is 1. The van der Waals surface area contributed by atoms with Crippen LogP contribution in [0.2, 0.25) is 0 Å². The molecular formula is C14H27N3O2S. The van der Waals surface area contributed by atoms with E-state index in [1.807, 2.05) is 39.3 Å². The van der Waals surface area contributed by atoms with E-state index >= 15 is 0 Å². The van der Waals surface area contributed by atoms with Gasteiger partial charge in [-0.05, 0) is 39.8 Å². The van der Waals surface area contributed by atoms with E-state index in [1.165, 1.54) is 0 Å². The Morgan fingerprint density at radius 3 is 2.30 bits per heavy atom. The van der Waals surface area contributed by atoms with Crippen molar-refractivity contribution in [1.29, 1.82) is 0 Å². The van der Waals surface area contributed by atoms with Gasteiger partial charge in [-0.15, -0.1) is 0 Å². The average molecular weight is 301 g/mol. The Kier molecular flexibility index (Phi) is 5.79. The molecule has 6 heteroatoms. The number of sulfonamides is 1. The third-order valence-corrected chi connectivity index (χ3v) is 5.52. The number of aromatic nitrogens is 1. The van der Waals surface area contributed by atoms with Crippen LogP contribution in [0.5, 0.6) is 0 Å². The van der Waals surface area contributed by atoms with Crippen molar-refractivity contribution in [2.45, 2.75) is 64.1 Å². The van der Waals surface area contributed by atoms with Crippen molar-refractivity contribution in [3.8, 4) is 0 Å². The van der Waals surface area contributed by atoms with Crippen LogP contribution in [-0.2, 0) is 23.1 Å². The molecule has 0 aromatic carbocycles. The molecule has 1 rings (SSSR count). The second-order valence-corrected chi connectivity index (χ2v) is 7.04. The van der Waals surface area contributed by atoms with Gasteiger partial charge in [-0.1, -0.05) is 13.8 Å². The van der Waals surface area contributed by atoms with Crippen LogP contribution in [-0.4, -0.2) is 25.6 Å². The summed E-state index contributed by atoms with van der Waals surface area (Å²) in [7, 11) is -1.62. The Bertz CT molecular complexity index is 531. The molecule has 0 atom stereocenters. The molecule has 0 fully saturated rings. The fraction of sp³-hybridized carbons (Fsp3) is 0.714. The standard InChI is InChI=1S/C14H27N3O2S/c1-6-14(4,7-2)16-20(18,19)13-9-12(10-15-5)17(8-3)11-13/h9,11,15-16H,6-8,10H2,1-5H3. The van der Waals surface area contributed by atoms with Gasteiger partial charge in [0.25, 0.3) is 0 Å². The Hall–Kier alpha value is -0.850. The highest BCUT2D eigenvalue weighted by Gasteiger charge is 2.28. The van der Waals surface area contributed by atoms with E-state index in [1.54, 1.807) is 12.3 Å². The van der Waals surface area contributed by atoms with E-state index in [2.05, 4.69) is 10.0 Å². The molecule has 116 valence electrons. The first-order valence-electron chi connectivity index (χ1n) is 7.19. The largest absolute Gasteiger partial charge is 0.349 e. The first kappa shape index (κ1) is 17.2. The number of rotatable bonds is 8. The van der Waals surface area contributed by atoms with E-state index < -0.39 is 15.6 Å². The molecule has 20 heavy (non-hydrogen) atoms. The maximum Gasteiger partial charge on any atom is 0.242 e. The predicted molar refractivity (Wildman–Crippen MR) is 82.2 cm³/mol. The first-order valence-corrected chi connectivity index (χ1v) is 8.67. The zero-order chi connectivity index (χ0) is 15.4. The maximum absolute atomic E-state index is 12.5.